The number of aromatic nitrogens is 2. The predicted molar refractivity (Wildman–Crippen MR) is 103 cm³/mol. The first kappa shape index (κ1) is 20.6. The van der Waals surface area contributed by atoms with Gasteiger partial charge in [0.05, 0.1) is 22.8 Å². The van der Waals surface area contributed by atoms with E-state index in [0.29, 0.717) is 17.0 Å². The van der Waals surface area contributed by atoms with Gasteiger partial charge in [0, 0.05) is 24.2 Å². The Morgan fingerprint density at radius 1 is 1.17 bits per heavy atom. The van der Waals surface area contributed by atoms with E-state index in [1.807, 2.05) is 0 Å². The zero-order chi connectivity index (χ0) is 21.0. The first-order chi connectivity index (χ1) is 13.8. The van der Waals surface area contributed by atoms with Crippen LogP contribution in [0.5, 0.6) is 11.6 Å². The summed E-state index contributed by atoms with van der Waals surface area (Å²) < 4.78 is 33.2. The molecule has 2 heterocycles. The van der Waals surface area contributed by atoms with Crippen LogP contribution in [0.4, 0.5) is 8.78 Å². The van der Waals surface area contributed by atoms with Crippen LogP contribution in [0.3, 0.4) is 0 Å². The van der Waals surface area contributed by atoms with Crippen LogP contribution >= 0.6 is 11.6 Å². The fourth-order valence-corrected chi connectivity index (χ4v) is 2.76. The standard InChI is InChI=1S/C20H16ClF2N3O3/c21-12-7-16(23)20(25-10-12)29-14-3-1-11(2-4-14)17-6-5-15(22)18(26-17)8-13(24)9-19(27)28/h1-7,10,13H,8-9,24H2,(H,27,28)/t13-/m1/s1. The Labute approximate surface area is 169 Å². The second-order valence-electron chi connectivity index (χ2n) is 6.25. The minimum absolute atomic E-state index is 0.00528. The lowest BCUT2D eigenvalue weighted by Gasteiger charge is -2.11. The summed E-state index contributed by atoms with van der Waals surface area (Å²) >= 11 is 5.66. The molecule has 0 aliphatic carbocycles. The molecule has 0 spiro atoms. The molecule has 0 saturated heterocycles. The SMILES string of the molecule is N[C@@H](CC(=O)O)Cc1nc(-c2ccc(Oc3ncc(Cl)cc3F)cc2)ccc1F. The predicted octanol–water partition coefficient (Wildman–Crippen LogP) is 4.21. The van der Waals surface area contributed by atoms with Gasteiger partial charge in [0.2, 0.25) is 0 Å². The maximum atomic E-state index is 14.0. The molecule has 3 rings (SSSR count). The number of hydrogen-bond donors (Lipinski definition) is 2. The van der Waals surface area contributed by atoms with Gasteiger partial charge in [0.15, 0.2) is 5.82 Å². The third kappa shape index (κ3) is 5.46. The lowest BCUT2D eigenvalue weighted by atomic mass is 10.1. The van der Waals surface area contributed by atoms with Gasteiger partial charge in [-0.05, 0) is 42.5 Å². The summed E-state index contributed by atoms with van der Waals surface area (Å²) in [4.78, 5) is 18.8. The number of halogens is 3. The van der Waals surface area contributed by atoms with E-state index in [2.05, 4.69) is 9.97 Å². The molecule has 150 valence electrons. The average Bonchev–Trinajstić information content (AvgIpc) is 2.66. The van der Waals surface area contributed by atoms with E-state index < -0.39 is 23.6 Å². The second kappa shape index (κ2) is 8.93. The summed E-state index contributed by atoms with van der Waals surface area (Å²) in [6, 6.07) is 9.62. The Morgan fingerprint density at radius 3 is 2.55 bits per heavy atom. The average molecular weight is 420 g/mol. The van der Waals surface area contributed by atoms with Crippen molar-refractivity contribution >= 4 is 17.6 Å². The Morgan fingerprint density at radius 2 is 1.90 bits per heavy atom. The number of pyridine rings is 2. The Balaban J connectivity index is 1.77. The quantitative estimate of drug-likeness (QED) is 0.595. The third-order valence-electron chi connectivity index (χ3n) is 3.95. The molecule has 29 heavy (non-hydrogen) atoms. The van der Waals surface area contributed by atoms with Crippen LogP contribution in [-0.4, -0.2) is 27.1 Å². The van der Waals surface area contributed by atoms with Gasteiger partial charge < -0.3 is 15.6 Å². The number of rotatable bonds is 7. The van der Waals surface area contributed by atoms with Crippen LogP contribution in [0, 0.1) is 11.6 Å². The topological polar surface area (TPSA) is 98.3 Å². The minimum atomic E-state index is -1.06. The van der Waals surface area contributed by atoms with Crippen molar-refractivity contribution in [2.45, 2.75) is 18.9 Å². The molecule has 0 amide bonds. The molecule has 0 unspecified atom stereocenters. The number of nitrogens with two attached hydrogens (primary N) is 1. The molecule has 3 N–H and O–H groups in total. The lowest BCUT2D eigenvalue weighted by Crippen LogP contribution is -2.27. The van der Waals surface area contributed by atoms with Crippen LogP contribution < -0.4 is 10.5 Å². The van der Waals surface area contributed by atoms with Gasteiger partial charge in [-0.3, -0.25) is 4.79 Å². The molecule has 6 nitrogen and oxygen atoms in total. The highest BCUT2D eigenvalue weighted by atomic mass is 35.5. The maximum absolute atomic E-state index is 14.0. The van der Waals surface area contributed by atoms with Crippen molar-refractivity contribution < 1.29 is 23.4 Å². The highest BCUT2D eigenvalue weighted by molar-refractivity contribution is 6.30. The van der Waals surface area contributed by atoms with Crippen molar-refractivity contribution in [1.82, 2.24) is 9.97 Å². The molecule has 0 aliphatic rings. The first-order valence-corrected chi connectivity index (χ1v) is 8.91. The number of nitrogens with zero attached hydrogens (tertiary/aromatic N) is 2. The number of aliphatic carboxylic acids is 1. The number of ether oxygens (including phenoxy) is 1. The van der Waals surface area contributed by atoms with Crippen LogP contribution in [0.25, 0.3) is 11.3 Å². The number of benzene rings is 1. The molecule has 0 aliphatic heterocycles. The van der Waals surface area contributed by atoms with Crippen LogP contribution in [0.15, 0.2) is 48.7 Å². The Bertz CT molecular complexity index is 1030. The van der Waals surface area contributed by atoms with Gasteiger partial charge in [0.25, 0.3) is 5.88 Å². The monoisotopic (exact) mass is 419 g/mol. The van der Waals surface area contributed by atoms with E-state index in [-0.39, 0.29) is 29.4 Å². The zero-order valence-electron chi connectivity index (χ0n) is 15.0. The summed E-state index contributed by atoms with van der Waals surface area (Å²) in [6.45, 7) is 0. The number of carboxylic acid groups (broad SMARTS) is 1. The Hall–Kier alpha value is -3.10. The van der Waals surface area contributed by atoms with E-state index in [0.717, 1.165) is 6.07 Å². The first-order valence-electron chi connectivity index (χ1n) is 8.54. The summed E-state index contributed by atoms with van der Waals surface area (Å²) in [6.07, 6.45) is 0.981. The van der Waals surface area contributed by atoms with Gasteiger partial charge in [-0.1, -0.05) is 11.6 Å². The fraction of sp³-hybridized carbons (Fsp3) is 0.150. The molecule has 3 aromatic rings. The van der Waals surface area contributed by atoms with Crippen LogP contribution in [0.1, 0.15) is 12.1 Å². The molecule has 0 fully saturated rings. The van der Waals surface area contributed by atoms with E-state index in [1.165, 1.54) is 18.3 Å². The molecular formula is C20H16ClF2N3O3. The van der Waals surface area contributed by atoms with E-state index >= 15 is 0 Å². The molecule has 1 aromatic carbocycles. The van der Waals surface area contributed by atoms with E-state index in [9.17, 15) is 13.6 Å². The van der Waals surface area contributed by atoms with E-state index in [4.69, 9.17) is 27.2 Å². The maximum Gasteiger partial charge on any atom is 0.304 e. The number of carboxylic acids is 1. The summed E-state index contributed by atoms with van der Waals surface area (Å²) in [5.41, 5.74) is 6.96. The van der Waals surface area contributed by atoms with Crippen LogP contribution in [0.2, 0.25) is 5.02 Å². The highest BCUT2D eigenvalue weighted by Gasteiger charge is 2.14. The van der Waals surface area contributed by atoms with Crippen molar-refractivity contribution in [1.29, 1.82) is 0 Å². The molecule has 1 atom stereocenters. The summed E-state index contributed by atoms with van der Waals surface area (Å²) in [7, 11) is 0. The van der Waals surface area contributed by atoms with Gasteiger partial charge in [-0.15, -0.1) is 0 Å². The van der Waals surface area contributed by atoms with Gasteiger partial charge in [0.1, 0.15) is 11.6 Å². The van der Waals surface area contributed by atoms with E-state index in [1.54, 1.807) is 24.3 Å². The lowest BCUT2D eigenvalue weighted by molar-refractivity contribution is -0.137. The van der Waals surface area contributed by atoms with Crippen molar-refractivity contribution in [3.8, 4) is 22.9 Å². The smallest absolute Gasteiger partial charge is 0.304 e. The molecule has 0 bridgehead atoms. The number of carbonyl (C=O) groups is 1. The second-order valence-corrected chi connectivity index (χ2v) is 6.69. The number of hydrogen-bond acceptors (Lipinski definition) is 5. The van der Waals surface area contributed by atoms with Crippen molar-refractivity contribution in [3.05, 3.63) is 71.0 Å². The molecular weight excluding hydrogens is 404 g/mol. The van der Waals surface area contributed by atoms with Crippen LogP contribution in [-0.2, 0) is 11.2 Å². The molecule has 0 saturated carbocycles. The largest absolute Gasteiger partial charge is 0.481 e. The minimum Gasteiger partial charge on any atom is -0.481 e. The molecule has 2 aromatic heterocycles. The normalized spacial score (nSPS) is 11.9. The zero-order valence-corrected chi connectivity index (χ0v) is 15.7. The fourth-order valence-electron chi connectivity index (χ4n) is 2.62. The summed E-state index contributed by atoms with van der Waals surface area (Å²) in [5, 5.41) is 8.94. The molecule has 0 radical (unpaired) electrons. The van der Waals surface area contributed by atoms with Gasteiger partial charge in [-0.25, -0.2) is 18.7 Å². The molecule has 9 heteroatoms. The Kier molecular flexibility index (Phi) is 6.36. The summed E-state index contributed by atoms with van der Waals surface area (Å²) in [5.74, 6) is -2.18. The van der Waals surface area contributed by atoms with Crippen molar-refractivity contribution in [2.24, 2.45) is 5.73 Å². The van der Waals surface area contributed by atoms with Gasteiger partial charge in [-0.2, -0.15) is 0 Å². The highest BCUT2D eigenvalue weighted by Crippen LogP contribution is 2.27. The third-order valence-corrected chi connectivity index (χ3v) is 4.16. The van der Waals surface area contributed by atoms with Gasteiger partial charge >= 0.3 is 5.97 Å². The van der Waals surface area contributed by atoms with Crippen molar-refractivity contribution in [2.75, 3.05) is 0 Å². The van der Waals surface area contributed by atoms with Crippen molar-refractivity contribution in [3.63, 3.8) is 0 Å².